The molecule has 160 valence electrons. The van der Waals surface area contributed by atoms with Gasteiger partial charge in [-0.15, -0.1) is 0 Å². The summed E-state index contributed by atoms with van der Waals surface area (Å²) in [6.45, 7) is 0. The molecule has 0 unspecified atom stereocenters. The summed E-state index contributed by atoms with van der Waals surface area (Å²) >= 11 is 0. The largest absolute Gasteiger partial charge is 0.278 e. The Morgan fingerprint density at radius 3 is 2.18 bits per heavy atom. The van der Waals surface area contributed by atoms with Crippen molar-refractivity contribution in [3.8, 4) is 23.0 Å². The summed E-state index contributed by atoms with van der Waals surface area (Å²) in [4.78, 5) is 18.5. The molecule has 3 aromatic heterocycles. The molecule has 0 aliphatic carbocycles. The molecule has 3 heterocycles. The molecule has 6 aromatic rings. The molecule has 3 aromatic carbocycles. The number of fused-ring (bicyclic) bond motifs is 2. The van der Waals surface area contributed by atoms with E-state index in [-0.39, 0.29) is 5.56 Å². The fourth-order valence-corrected chi connectivity index (χ4v) is 4.32. The molecule has 0 amide bonds. The van der Waals surface area contributed by atoms with Crippen LogP contribution in [0.15, 0.2) is 120 Å². The SMILES string of the molecule is O=c1c2ccccc2c(-c2ccccc2)c(C#Cc2ccccc2)n1-n1ccc2cccnc21. The van der Waals surface area contributed by atoms with E-state index in [1.54, 1.807) is 15.5 Å². The number of rotatable bonds is 2. The first kappa shape index (κ1) is 19.8. The van der Waals surface area contributed by atoms with E-state index in [2.05, 4.69) is 29.0 Å². The van der Waals surface area contributed by atoms with Crippen LogP contribution in [0.25, 0.3) is 32.9 Å². The van der Waals surface area contributed by atoms with E-state index < -0.39 is 0 Å². The number of pyridine rings is 2. The van der Waals surface area contributed by atoms with Crippen LogP contribution in [0.1, 0.15) is 11.3 Å². The Morgan fingerprint density at radius 2 is 1.38 bits per heavy atom. The van der Waals surface area contributed by atoms with E-state index >= 15 is 0 Å². The van der Waals surface area contributed by atoms with Gasteiger partial charge < -0.3 is 0 Å². The van der Waals surface area contributed by atoms with Crippen molar-refractivity contribution in [3.63, 3.8) is 0 Å². The second-order valence-electron chi connectivity index (χ2n) is 7.94. The van der Waals surface area contributed by atoms with E-state index in [0.717, 1.165) is 27.5 Å². The van der Waals surface area contributed by atoms with Crippen molar-refractivity contribution in [3.05, 3.63) is 137 Å². The molecule has 4 nitrogen and oxygen atoms in total. The molecule has 0 bridgehead atoms. The van der Waals surface area contributed by atoms with Crippen molar-refractivity contribution in [1.29, 1.82) is 0 Å². The van der Waals surface area contributed by atoms with Gasteiger partial charge in [0.15, 0.2) is 5.65 Å². The summed E-state index contributed by atoms with van der Waals surface area (Å²) in [5.74, 6) is 6.62. The number of hydrogen-bond acceptors (Lipinski definition) is 2. The molecule has 0 spiro atoms. The molecule has 4 heteroatoms. The lowest BCUT2D eigenvalue weighted by Gasteiger charge is -2.18. The Hall–Kier alpha value is -4.88. The van der Waals surface area contributed by atoms with Gasteiger partial charge in [0, 0.05) is 34.3 Å². The highest BCUT2D eigenvalue weighted by Crippen LogP contribution is 2.31. The molecular formula is C30H19N3O. The van der Waals surface area contributed by atoms with Gasteiger partial charge in [-0.2, -0.15) is 0 Å². The fraction of sp³-hybridized carbons (Fsp3) is 0. The summed E-state index contributed by atoms with van der Waals surface area (Å²) in [6, 6.07) is 33.4. The van der Waals surface area contributed by atoms with Crippen LogP contribution in [-0.4, -0.2) is 14.3 Å². The third-order valence-electron chi connectivity index (χ3n) is 5.87. The molecule has 0 saturated heterocycles. The number of hydrogen-bond donors (Lipinski definition) is 0. The standard InChI is InChI=1S/C30H19N3O/c34-30-26-16-8-7-15-25(26)28(23-12-5-2-6-13-23)27(18-17-22-10-3-1-4-11-22)33(30)32-21-19-24-14-9-20-31-29(24)32/h1-16,19-21H. The van der Waals surface area contributed by atoms with Crippen molar-refractivity contribution in [2.24, 2.45) is 0 Å². The maximum Gasteiger partial charge on any atom is 0.278 e. The van der Waals surface area contributed by atoms with Crippen LogP contribution in [0.2, 0.25) is 0 Å². The van der Waals surface area contributed by atoms with Gasteiger partial charge in [-0.05, 0) is 53.3 Å². The lowest BCUT2D eigenvalue weighted by atomic mass is 9.97. The maximum atomic E-state index is 13.9. The van der Waals surface area contributed by atoms with Crippen LogP contribution in [0.5, 0.6) is 0 Å². The highest BCUT2D eigenvalue weighted by atomic mass is 16.1. The normalized spacial score (nSPS) is 10.8. The average molecular weight is 438 g/mol. The van der Waals surface area contributed by atoms with Gasteiger partial charge in [0.05, 0.1) is 0 Å². The van der Waals surface area contributed by atoms with Gasteiger partial charge in [-0.1, -0.05) is 72.7 Å². The molecule has 34 heavy (non-hydrogen) atoms. The zero-order valence-electron chi connectivity index (χ0n) is 18.2. The van der Waals surface area contributed by atoms with Crippen LogP contribution >= 0.6 is 0 Å². The maximum absolute atomic E-state index is 13.9. The quantitative estimate of drug-likeness (QED) is 0.325. The van der Waals surface area contributed by atoms with Crippen molar-refractivity contribution >= 4 is 21.8 Å². The van der Waals surface area contributed by atoms with Crippen molar-refractivity contribution in [2.45, 2.75) is 0 Å². The Kier molecular flexibility index (Phi) is 4.79. The Balaban J connectivity index is 1.79. The zero-order valence-corrected chi connectivity index (χ0v) is 18.2. The molecule has 0 radical (unpaired) electrons. The van der Waals surface area contributed by atoms with Gasteiger partial charge >= 0.3 is 0 Å². The molecular weight excluding hydrogens is 418 g/mol. The zero-order chi connectivity index (χ0) is 22.9. The van der Waals surface area contributed by atoms with Gasteiger partial charge in [0.1, 0.15) is 5.69 Å². The van der Waals surface area contributed by atoms with Gasteiger partial charge in [-0.25, -0.2) is 14.3 Å². The number of benzene rings is 3. The minimum Gasteiger partial charge on any atom is -0.267 e. The first-order valence-electron chi connectivity index (χ1n) is 11.0. The molecule has 0 aliphatic heterocycles. The van der Waals surface area contributed by atoms with E-state index in [4.69, 9.17) is 0 Å². The first-order chi connectivity index (χ1) is 16.8. The molecule has 0 fully saturated rings. The molecule has 0 atom stereocenters. The van der Waals surface area contributed by atoms with E-state index in [9.17, 15) is 4.79 Å². The monoisotopic (exact) mass is 437 g/mol. The first-order valence-corrected chi connectivity index (χ1v) is 11.0. The van der Waals surface area contributed by atoms with Crippen molar-refractivity contribution in [2.75, 3.05) is 0 Å². The third kappa shape index (κ3) is 3.28. The Morgan fingerprint density at radius 1 is 0.676 bits per heavy atom. The highest BCUT2D eigenvalue weighted by Gasteiger charge is 2.19. The lowest BCUT2D eigenvalue weighted by molar-refractivity contribution is 0.649. The number of nitrogens with zero attached hydrogens (tertiary/aromatic N) is 3. The lowest BCUT2D eigenvalue weighted by Crippen LogP contribution is -2.29. The number of aromatic nitrogens is 3. The molecule has 6 rings (SSSR count). The smallest absolute Gasteiger partial charge is 0.267 e. The predicted octanol–water partition coefficient (Wildman–Crippen LogP) is 5.73. The van der Waals surface area contributed by atoms with Gasteiger partial charge in [0.2, 0.25) is 0 Å². The minimum absolute atomic E-state index is 0.143. The predicted molar refractivity (Wildman–Crippen MR) is 137 cm³/mol. The second-order valence-corrected chi connectivity index (χ2v) is 7.94. The summed E-state index contributed by atoms with van der Waals surface area (Å²) in [7, 11) is 0. The van der Waals surface area contributed by atoms with E-state index in [0.29, 0.717) is 16.7 Å². The summed E-state index contributed by atoms with van der Waals surface area (Å²) in [5.41, 5.74) is 3.95. The minimum atomic E-state index is -0.143. The van der Waals surface area contributed by atoms with Crippen LogP contribution < -0.4 is 5.56 Å². The van der Waals surface area contributed by atoms with Crippen molar-refractivity contribution < 1.29 is 0 Å². The highest BCUT2D eigenvalue weighted by molar-refractivity contribution is 5.98. The fourth-order valence-electron chi connectivity index (χ4n) is 4.32. The van der Waals surface area contributed by atoms with Gasteiger partial charge in [0.25, 0.3) is 5.56 Å². The van der Waals surface area contributed by atoms with Crippen molar-refractivity contribution in [1.82, 2.24) is 14.3 Å². The van der Waals surface area contributed by atoms with E-state index in [1.807, 2.05) is 97.2 Å². The Labute approximate surface area is 196 Å². The molecule has 0 saturated carbocycles. The Bertz CT molecular complexity index is 1770. The second kappa shape index (κ2) is 8.23. The topological polar surface area (TPSA) is 39.8 Å². The summed E-state index contributed by atoms with van der Waals surface area (Å²) in [5, 5.41) is 2.45. The summed E-state index contributed by atoms with van der Waals surface area (Å²) in [6.07, 6.45) is 3.61. The summed E-state index contributed by atoms with van der Waals surface area (Å²) < 4.78 is 3.45. The van der Waals surface area contributed by atoms with Crippen LogP contribution in [0, 0.1) is 11.8 Å². The third-order valence-corrected chi connectivity index (χ3v) is 5.87. The van der Waals surface area contributed by atoms with Gasteiger partial charge in [-0.3, -0.25) is 4.79 Å². The molecule has 0 N–H and O–H groups in total. The van der Waals surface area contributed by atoms with Crippen LogP contribution in [0.4, 0.5) is 0 Å². The van der Waals surface area contributed by atoms with Crippen LogP contribution in [-0.2, 0) is 0 Å². The average Bonchev–Trinajstić information content (AvgIpc) is 3.32. The molecule has 0 aliphatic rings. The van der Waals surface area contributed by atoms with Crippen LogP contribution in [0.3, 0.4) is 0 Å². The van der Waals surface area contributed by atoms with E-state index in [1.165, 1.54) is 0 Å².